The molecule has 0 saturated heterocycles. The fourth-order valence-electron chi connectivity index (χ4n) is 4.35. The lowest BCUT2D eigenvalue weighted by atomic mass is 9.97. The summed E-state index contributed by atoms with van der Waals surface area (Å²) in [6.45, 7) is 2.72. The molecule has 5 heteroatoms. The van der Waals surface area contributed by atoms with Gasteiger partial charge < -0.3 is 4.74 Å². The van der Waals surface area contributed by atoms with Crippen molar-refractivity contribution in [3.05, 3.63) is 112 Å². The Morgan fingerprint density at radius 1 is 0.611 bits per heavy atom. The lowest BCUT2D eigenvalue weighted by Crippen LogP contribution is -2.00. The second-order valence-electron chi connectivity index (χ2n) is 9.15. The van der Waals surface area contributed by atoms with Crippen LogP contribution in [0.2, 0.25) is 0 Å². The van der Waals surface area contributed by atoms with Gasteiger partial charge in [-0.15, -0.1) is 0 Å². The highest BCUT2D eigenvalue weighted by Gasteiger charge is 2.11. The van der Waals surface area contributed by atoms with Gasteiger partial charge in [-0.1, -0.05) is 62.2 Å². The van der Waals surface area contributed by atoms with Gasteiger partial charge in [0.1, 0.15) is 17.4 Å². The van der Waals surface area contributed by atoms with Crippen molar-refractivity contribution in [2.24, 2.45) is 0 Å². The van der Waals surface area contributed by atoms with Gasteiger partial charge in [-0.3, -0.25) is 0 Å². The molecule has 0 aliphatic rings. The highest BCUT2D eigenvalue weighted by atomic mass is 19.2. The second kappa shape index (κ2) is 12.1. The summed E-state index contributed by atoms with van der Waals surface area (Å²) >= 11 is 0. The van der Waals surface area contributed by atoms with Crippen molar-refractivity contribution < 1.29 is 22.3 Å². The van der Waals surface area contributed by atoms with E-state index in [1.54, 1.807) is 18.2 Å². The fraction of sp³-hybridized carbons (Fsp3) is 0.290. The smallest absolute Gasteiger partial charge is 0.159 e. The minimum atomic E-state index is -0.898. The lowest BCUT2D eigenvalue weighted by Gasteiger charge is -2.10. The molecule has 0 heterocycles. The van der Waals surface area contributed by atoms with Gasteiger partial charge in [-0.25, -0.2) is 17.6 Å². The zero-order valence-corrected chi connectivity index (χ0v) is 20.4. The molecule has 0 N–H and O–H groups in total. The maximum absolute atomic E-state index is 15.1. The zero-order chi connectivity index (χ0) is 25.5. The van der Waals surface area contributed by atoms with Gasteiger partial charge in [-0.05, 0) is 77.9 Å². The summed E-state index contributed by atoms with van der Waals surface area (Å²) in [6.07, 6.45) is 5.11. The number of benzene rings is 4. The van der Waals surface area contributed by atoms with Crippen molar-refractivity contribution in [1.29, 1.82) is 0 Å². The van der Waals surface area contributed by atoms with E-state index in [0.717, 1.165) is 42.3 Å². The maximum atomic E-state index is 15.1. The van der Waals surface area contributed by atoms with Crippen LogP contribution in [0, 0.1) is 23.3 Å². The van der Waals surface area contributed by atoms with Gasteiger partial charge in [0.15, 0.2) is 11.6 Å². The van der Waals surface area contributed by atoms with E-state index in [4.69, 9.17) is 4.74 Å². The van der Waals surface area contributed by atoms with E-state index in [-0.39, 0.29) is 11.6 Å². The molecule has 36 heavy (non-hydrogen) atoms. The van der Waals surface area contributed by atoms with Crippen molar-refractivity contribution in [3.63, 3.8) is 0 Å². The van der Waals surface area contributed by atoms with E-state index in [9.17, 15) is 13.2 Å². The van der Waals surface area contributed by atoms with Crippen molar-refractivity contribution in [2.45, 2.75) is 51.9 Å². The molecule has 0 radical (unpaired) electrons. The first kappa shape index (κ1) is 25.7. The Bertz CT molecular complexity index is 1330. The number of unbranched alkanes of at least 4 members (excludes halogenated alkanes) is 2. The molecule has 0 amide bonds. The first-order valence-corrected chi connectivity index (χ1v) is 12.5. The number of aryl methyl sites for hydroxylation is 4. The number of ether oxygens (including phenoxy) is 1. The third-order valence-corrected chi connectivity index (χ3v) is 6.49. The minimum Gasteiger partial charge on any atom is -0.493 e. The van der Waals surface area contributed by atoms with E-state index >= 15 is 4.39 Å². The Labute approximate surface area is 209 Å². The average molecular weight is 495 g/mol. The van der Waals surface area contributed by atoms with Crippen molar-refractivity contribution in [3.8, 4) is 5.75 Å². The molecule has 0 atom stereocenters. The molecule has 0 bridgehead atoms. The van der Waals surface area contributed by atoms with Gasteiger partial charge in [0, 0.05) is 11.5 Å². The first-order chi connectivity index (χ1) is 17.4. The molecule has 4 rings (SSSR count). The fourth-order valence-corrected chi connectivity index (χ4v) is 4.35. The van der Waals surface area contributed by atoms with Crippen LogP contribution in [-0.4, -0.2) is 6.61 Å². The summed E-state index contributed by atoms with van der Waals surface area (Å²) in [4.78, 5) is 0. The Kier molecular flexibility index (Phi) is 8.63. The molecular weight excluding hydrogens is 464 g/mol. The topological polar surface area (TPSA) is 9.23 Å². The van der Waals surface area contributed by atoms with Crippen LogP contribution in [0.4, 0.5) is 17.6 Å². The van der Waals surface area contributed by atoms with Crippen LogP contribution in [0.25, 0.3) is 10.8 Å². The Balaban J connectivity index is 1.38. The molecule has 4 aromatic carbocycles. The minimum absolute atomic E-state index is 0.277. The molecule has 0 aliphatic heterocycles. The Morgan fingerprint density at radius 2 is 1.33 bits per heavy atom. The average Bonchev–Trinajstić information content (AvgIpc) is 2.87. The van der Waals surface area contributed by atoms with Crippen LogP contribution in [0.15, 0.2) is 66.7 Å². The van der Waals surface area contributed by atoms with Crippen LogP contribution in [-0.2, 0) is 25.7 Å². The van der Waals surface area contributed by atoms with Gasteiger partial charge in [0.25, 0.3) is 0 Å². The Morgan fingerprint density at radius 3 is 2.08 bits per heavy atom. The second-order valence-corrected chi connectivity index (χ2v) is 9.15. The first-order valence-electron chi connectivity index (χ1n) is 12.5. The van der Waals surface area contributed by atoms with Crippen LogP contribution in [0.3, 0.4) is 0 Å². The van der Waals surface area contributed by atoms with E-state index in [2.05, 4.69) is 6.92 Å². The summed E-state index contributed by atoms with van der Waals surface area (Å²) < 4.78 is 61.9. The largest absolute Gasteiger partial charge is 0.493 e. The molecule has 0 unspecified atom stereocenters. The van der Waals surface area contributed by atoms with E-state index < -0.39 is 11.6 Å². The monoisotopic (exact) mass is 494 g/mol. The molecule has 0 saturated carbocycles. The lowest BCUT2D eigenvalue weighted by molar-refractivity contribution is 0.304. The number of rotatable bonds is 11. The van der Waals surface area contributed by atoms with E-state index in [1.165, 1.54) is 12.1 Å². The number of fused-ring (bicyclic) bond motifs is 1. The normalized spacial score (nSPS) is 11.2. The van der Waals surface area contributed by atoms with Gasteiger partial charge in [0.2, 0.25) is 0 Å². The number of halogens is 4. The van der Waals surface area contributed by atoms with E-state index in [0.29, 0.717) is 60.1 Å². The maximum Gasteiger partial charge on any atom is 0.159 e. The number of hydrogen-bond acceptors (Lipinski definition) is 1. The quantitative estimate of drug-likeness (QED) is 0.150. The van der Waals surface area contributed by atoms with Crippen LogP contribution in [0.1, 0.15) is 48.4 Å². The molecule has 4 aromatic rings. The molecule has 1 nitrogen and oxygen atoms in total. The standard InChI is InChI=1S/C31H30F4O/c1-2-3-4-17-36-26-14-13-23(29(33)20-26)9-5-21-7-15-27-25(18-21)12-11-24(31(27)35)10-6-22-8-16-28(32)30(34)19-22/h7-8,11-16,18-20H,2-6,9-10,17H2,1H3. The molecule has 0 aliphatic carbocycles. The summed E-state index contributed by atoms with van der Waals surface area (Å²) in [5.74, 6) is -1.82. The van der Waals surface area contributed by atoms with Gasteiger partial charge >= 0.3 is 0 Å². The van der Waals surface area contributed by atoms with Gasteiger partial charge in [0.05, 0.1) is 6.61 Å². The van der Waals surface area contributed by atoms with E-state index in [1.807, 2.05) is 24.3 Å². The highest BCUT2D eigenvalue weighted by Crippen LogP contribution is 2.25. The van der Waals surface area contributed by atoms with Crippen LogP contribution in [0.5, 0.6) is 5.75 Å². The predicted octanol–water partition coefficient (Wildman–Crippen LogP) is 8.54. The van der Waals surface area contributed by atoms with Crippen LogP contribution < -0.4 is 4.74 Å². The highest BCUT2D eigenvalue weighted by molar-refractivity contribution is 5.84. The third kappa shape index (κ3) is 6.45. The number of hydrogen-bond donors (Lipinski definition) is 0. The molecule has 0 fully saturated rings. The van der Waals surface area contributed by atoms with Crippen molar-refractivity contribution in [2.75, 3.05) is 6.61 Å². The molecule has 0 aromatic heterocycles. The molecular formula is C31H30F4O. The van der Waals surface area contributed by atoms with Crippen molar-refractivity contribution >= 4 is 10.8 Å². The molecule has 188 valence electrons. The van der Waals surface area contributed by atoms with Gasteiger partial charge in [-0.2, -0.15) is 0 Å². The summed E-state index contributed by atoms with van der Waals surface area (Å²) in [5.41, 5.74) is 2.76. The predicted molar refractivity (Wildman–Crippen MR) is 136 cm³/mol. The summed E-state index contributed by atoms with van der Waals surface area (Å²) in [7, 11) is 0. The third-order valence-electron chi connectivity index (χ3n) is 6.49. The zero-order valence-electron chi connectivity index (χ0n) is 20.4. The summed E-state index contributed by atoms with van der Waals surface area (Å²) in [6, 6.07) is 17.9. The van der Waals surface area contributed by atoms with Crippen LogP contribution >= 0.6 is 0 Å². The SMILES string of the molecule is CCCCCOc1ccc(CCc2ccc3c(F)c(CCc4ccc(F)c(F)c4)ccc3c2)c(F)c1. The molecule has 0 spiro atoms. The Hall–Kier alpha value is -3.34. The summed E-state index contributed by atoms with van der Waals surface area (Å²) in [5, 5.41) is 1.29. The van der Waals surface area contributed by atoms with Crippen molar-refractivity contribution in [1.82, 2.24) is 0 Å².